The van der Waals surface area contributed by atoms with Gasteiger partial charge in [0.2, 0.25) is 0 Å². The van der Waals surface area contributed by atoms with Crippen molar-refractivity contribution in [3.63, 3.8) is 0 Å². The second-order valence-corrected chi connectivity index (χ2v) is 2.16. The Morgan fingerprint density at radius 1 is 1.55 bits per heavy atom. The number of hydrogen-bond donors (Lipinski definition) is 1. The summed E-state index contributed by atoms with van der Waals surface area (Å²) in [5.74, 6) is 0. The van der Waals surface area contributed by atoms with E-state index in [0.29, 0.717) is 11.1 Å². The lowest BCUT2D eigenvalue weighted by Gasteiger charge is -1.84. The topological polar surface area (TPSA) is 58.6 Å². The van der Waals surface area contributed by atoms with Crippen LogP contribution in [0.2, 0.25) is 0 Å². The molecule has 0 fully saturated rings. The van der Waals surface area contributed by atoms with E-state index in [1.807, 2.05) is 0 Å². The van der Waals surface area contributed by atoms with Crippen molar-refractivity contribution in [3.05, 3.63) is 24.0 Å². The van der Waals surface area contributed by atoms with Gasteiger partial charge in [-0.25, -0.2) is 0 Å². The maximum absolute atomic E-state index is 10.4. The molecule has 11 heavy (non-hydrogen) atoms. The maximum atomic E-state index is 10.4. The van der Waals surface area contributed by atoms with Gasteiger partial charge in [0.15, 0.2) is 6.29 Å². The van der Waals surface area contributed by atoms with Crippen molar-refractivity contribution in [1.29, 1.82) is 0 Å². The Bertz CT molecular complexity index is 393. The molecule has 0 saturated carbocycles. The van der Waals surface area contributed by atoms with Gasteiger partial charge >= 0.3 is 0 Å². The SMILES string of the molecule is O=Cc1c[nH]c2ccnnc12. The van der Waals surface area contributed by atoms with Gasteiger partial charge in [-0.05, 0) is 6.07 Å². The lowest BCUT2D eigenvalue weighted by molar-refractivity contribution is 0.112. The van der Waals surface area contributed by atoms with E-state index in [-0.39, 0.29) is 0 Å². The molecule has 0 unspecified atom stereocenters. The molecule has 0 aliphatic heterocycles. The van der Waals surface area contributed by atoms with Crippen molar-refractivity contribution in [3.8, 4) is 0 Å². The van der Waals surface area contributed by atoms with Crippen LogP contribution in [0.3, 0.4) is 0 Å². The first-order valence-corrected chi connectivity index (χ1v) is 3.16. The third-order valence-corrected chi connectivity index (χ3v) is 1.50. The number of carbonyl (C=O) groups is 1. The molecule has 54 valence electrons. The van der Waals surface area contributed by atoms with Crippen LogP contribution in [-0.2, 0) is 0 Å². The van der Waals surface area contributed by atoms with Crippen molar-refractivity contribution >= 4 is 17.3 Å². The first kappa shape index (κ1) is 6.03. The van der Waals surface area contributed by atoms with Gasteiger partial charge in [0.05, 0.1) is 17.3 Å². The Kier molecular flexibility index (Phi) is 1.18. The molecule has 2 aromatic heterocycles. The lowest BCUT2D eigenvalue weighted by atomic mass is 10.3. The zero-order valence-corrected chi connectivity index (χ0v) is 5.61. The summed E-state index contributed by atoms with van der Waals surface area (Å²) in [6, 6.07) is 1.77. The Balaban J connectivity index is 2.86. The molecule has 1 N–H and O–H groups in total. The predicted octanol–water partition coefficient (Wildman–Crippen LogP) is 0.770. The fourth-order valence-corrected chi connectivity index (χ4v) is 0.975. The molecule has 2 heterocycles. The fraction of sp³-hybridized carbons (Fsp3) is 0. The molecule has 0 aliphatic carbocycles. The fourth-order valence-electron chi connectivity index (χ4n) is 0.975. The van der Waals surface area contributed by atoms with Gasteiger partial charge in [-0.15, -0.1) is 5.10 Å². The number of aldehydes is 1. The third-order valence-electron chi connectivity index (χ3n) is 1.50. The smallest absolute Gasteiger partial charge is 0.153 e. The summed E-state index contributed by atoms with van der Waals surface area (Å²) in [6.45, 7) is 0. The molecule has 0 amide bonds. The highest BCUT2D eigenvalue weighted by atomic mass is 16.1. The highest BCUT2D eigenvalue weighted by Crippen LogP contribution is 2.10. The van der Waals surface area contributed by atoms with E-state index in [0.717, 1.165) is 11.8 Å². The summed E-state index contributed by atoms with van der Waals surface area (Å²) in [6.07, 6.45) is 3.95. The van der Waals surface area contributed by atoms with E-state index >= 15 is 0 Å². The Morgan fingerprint density at radius 3 is 3.27 bits per heavy atom. The highest BCUT2D eigenvalue weighted by molar-refractivity contribution is 5.94. The molecule has 4 nitrogen and oxygen atoms in total. The van der Waals surface area contributed by atoms with Gasteiger partial charge < -0.3 is 4.98 Å². The first-order valence-electron chi connectivity index (χ1n) is 3.16. The van der Waals surface area contributed by atoms with Crippen molar-refractivity contribution in [2.75, 3.05) is 0 Å². The monoisotopic (exact) mass is 147 g/mol. The quantitative estimate of drug-likeness (QED) is 0.606. The van der Waals surface area contributed by atoms with Crippen LogP contribution in [0.4, 0.5) is 0 Å². The number of hydrogen-bond acceptors (Lipinski definition) is 3. The van der Waals surface area contributed by atoms with Gasteiger partial charge in [0.25, 0.3) is 0 Å². The van der Waals surface area contributed by atoms with E-state index in [1.165, 1.54) is 0 Å². The minimum atomic E-state index is 0.549. The average molecular weight is 147 g/mol. The predicted molar refractivity (Wildman–Crippen MR) is 39.3 cm³/mol. The lowest BCUT2D eigenvalue weighted by Crippen LogP contribution is -1.82. The minimum absolute atomic E-state index is 0.549. The van der Waals surface area contributed by atoms with Crippen molar-refractivity contribution in [1.82, 2.24) is 15.2 Å². The van der Waals surface area contributed by atoms with Crippen LogP contribution in [0.25, 0.3) is 11.0 Å². The van der Waals surface area contributed by atoms with Crippen molar-refractivity contribution in [2.24, 2.45) is 0 Å². The molecule has 0 saturated heterocycles. The zero-order chi connectivity index (χ0) is 7.68. The van der Waals surface area contributed by atoms with E-state index in [2.05, 4.69) is 15.2 Å². The number of nitrogens with one attached hydrogen (secondary N) is 1. The highest BCUT2D eigenvalue weighted by Gasteiger charge is 2.01. The molecular weight excluding hydrogens is 142 g/mol. The second-order valence-electron chi connectivity index (χ2n) is 2.16. The summed E-state index contributed by atoms with van der Waals surface area (Å²) in [4.78, 5) is 13.3. The van der Waals surface area contributed by atoms with E-state index < -0.39 is 0 Å². The van der Waals surface area contributed by atoms with Gasteiger partial charge in [0, 0.05) is 6.20 Å². The standard InChI is InChI=1S/C7H5N3O/c11-4-5-3-8-6-1-2-9-10-7(5)6/h1-4,8H. The van der Waals surface area contributed by atoms with E-state index in [4.69, 9.17) is 0 Å². The second kappa shape index (κ2) is 2.16. The number of H-pyrrole nitrogens is 1. The Morgan fingerprint density at radius 2 is 2.45 bits per heavy atom. The van der Waals surface area contributed by atoms with Gasteiger partial charge in [0.1, 0.15) is 5.52 Å². The van der Waals surface area contributed by atoms with Crippen LogP contribution in [0.1, 0.15) is 10.4 Å². The molecule has 0 aliphatic rings. The van der Waals surface area contributed by atoms with Crippen LogP contribution in [0, 0.1) is 0 Å². The summed E-state index contributed by atoms with van der Waals surface area (Å²) in [5.41, 5.74) is 2.01. The van der Waals surface area contributed by atoms with Gasteiger partial charge in [-0.3, -0.25) is 4.79 Å². The van der Waals surface area contributed by atoms with Crippen molar-refractivity contribution < 1.29 is 4.79 Å². The maximum Gasteiger partial charge on any atom is 0.153 e. The molecule has 0 atom stereocenters. The zero-order valence-electron chi connectivity index (χ0n) is 5.61. The number of carbonyl (C=O) groups excluding carboxylic acids is 1. The number of nitrogens with zero attached hydrogens (tertiary/aromatic N) is 2. The Labute approximate surface area is 62.3 Å². The van der Waals surface area contributed by atoms with Crippen LogP contribution >= 0.6 is 0 Å². The molecule has 2 rings (SSSR count). The number of aromatic nitrogens is 3. The minimum Gasteiger partial charge on any atom is -0.359 e. The molecule has 0 aromatic carbocycles. The average Bonchev–Trinajstić information content (AvgIpc) is 2.47. The molecule has 0 radical (unpaired) electrons. The summed E-state index contributed by atoms with van der Waals surface area (Å²) < 4.78 is 0. The molecule has 4 heteroatoms. The van der Waals surface area contributed by atoms with Gasteiger partial charge in [-0.2, -0.15) is 5.10 Å². The number of fused-ring (bicyclic) bond motifs is 1. The first-order chi connectivity index (χ1) is 5.42. The Hall–Kier alpha value is -1.71. The van der Waals surface area contributed by atoms with E-state index in [9.17, 15) is 4.79 Å². The summed E-state index contributed by atoms with van der Waals surface area (Å²) >= 11 is 0. The summed E-state index contributed by atoms with van der Waals surface area (Å²) in [7, 11) is 0. The number of rotatable bonds is 1. The molecular formula is C7H5N3O. The van der Waals surface area contributed by atoms with Crippen LogP contribution in [0.5, 0.6) is 0 Å². The van der Waals surface area contributed by atoms with Gasteiger partial charge in [-0.1, -0.05) is 0 Å². The normalized spacial score (nSPS) is 10.2. The van der Waals surface area contributed by atoms with Crippen molar-refractivity contribution in [2.45, 2.75) is 0 Å². The molecule has 0 bridgehead atoms. The van der Waals surface area contributed by atoms with Crippen LogP contribution in [-0.4, -0.2) is 21.5 Å². The third kappa shape index (κ3) is 0.797. The van der Waals surface area contributed by atoms with Crippen LogP contribution in [0.15, 0.2) is 18.5 Å². The molecule has 2 aromatic rings. The number of aromatic amines is 1. The largest absolute Gasteiger partial charge is 0.359 e. The summed E-state index contributed by atoms with van der Waals surface area (Å²) in [5, 5.41) is 7.46. The van der Waals surface area contributed by atoms with Crippen LogP contribution < -0.4 is 0 Å². The van der Waals surface area contributed by atoms with E-state index in [1.54, 1.807) is 18.5 Å². The molecule has 0 spiro atoms.